The van der Waals surface area contributed by atoms with Gasteiger partial charge in [-0.05, 0) is 58.4 Å². The second-order valence-corrected chi connectivity index (χ2v) is 18.3. The Labute approximate surface area is 341 Å². The van der Waals surface area contributed by atoms with E-state index in [4.69, 9.17) is 0 Å². The van der Waals surface area contributed by atoms with Crippen molar-refractivity contribution in [1.29, 1.82) is 0 Å². The van der Waals surface area contributed by atoms with Gasteiger partial charge in [-0.3, -0.25) is 12.2 Å². The van der Waals surface area contributed by atoms with Crippen LogP contribution in [0.5, 0.6) is 0 Å². The van der Waals surface area contributed by atoms with Crippen LogP contribution in [0.3, 0.4) is 0 Å². The molecule has 268 valence electrons. The molecule has 8 rings (SSSR count). The van der Waals surface area contributed by atoms with Crippen LogP contribution in [0.15, 0.2) is 109 Å². The van der Waals surface area contributed by atoms with Crippen LogP contribution in [0.25, 0.3) is 22.3 Å². The molecule has 0 spiro atoms. The van der Waals surface area contributed by atoms with Gasteiger partial charge >= 0.3 is 112 Å². The molecule has 0 nitrogen and oxygen atoms in total. The zero-order valence-corrected chi connectivity index (χ0v) is 36.4. The standard InChI is InChI=1S/C25H25.C15H14.C9H13.2ClH.Zr/c1-14-12-24(3,4)22-8-16-7-17-9-23-19(15(2)13-25(23,5)6)11-21(17)20(16)10-18(14)22;1-3-8-14(9-4-1)12-7-13-15-10-5-2-6-11-15;1-9(2,3)8-6-4-5-7-8;;;/h8-12H,7H2,1-6H3;1-6,8-11H,12-13H2;6-7H,4H2,1-3H3;2*1H;/q-1;;-1;;;+2/p-2. The van der Waals surface area contributed by atoms with Gasteiger partial charge in [0.05, 0.1) is 0 Å². The van der Waals surface area contributed by atoms with Crippen LogP contribution in [0.4, 0.5) is 0 Å². The van der Waals surface area contributed by atoms with Crippen LogP contribution in [-0.2, 0) is 54.3 Å². The second kappa shape index (κ2) is 16.7. The van der Waals surface area contributed by atoms with Gasteiger partial charge in [-0.15, -0.1) is 18.1 Å². The summed E-state index contributed by atoms with van der Waals surface area (Å²) in [7, 11) is 0. The average molecular weight is 803 g/mol. The Hall–Kier alpha value is -2.83. The topological polar surface area (TPSA) is 0 Å². The number of allylic oxidation sites excluding steroid dienone is 8. The quantitative estimate of drug-likeness (QED) is 0.186. The van der Waals surface area contributed by atoms with Gasteiger partial charge in [-0.1, -0.05) is 84.4 Å². The van der Waals surface area contributed by atoms with E-state index in [2.05, 4.69) is 178 Å². The zero-order chi connectivity index (χ0) is 35.8. The van der Waals surface area contributed by atoms with Gasteiger partial charge in [-0.25, -0.2) is 11.6 Å². The van der Waals surface area contributed by atoms with E-state index in [0.29, 0.717) is 5.41 Å². The summed E-state index contributed by atoms with van der Waals surface area (Å²) in [6.07, 6.45) is 17.9. The van der Waals surface area contributed by atoms with Crippen molar-refractivity contribution in [2.45, 2.75) is 98.8 Å². The number of fused-ring (bicyclic) bond motifs is 5. The van der Waals surface area contributed by atoms with Crippen LogP contribution >= 0.6 is 0 Å². The first-order valence-corrected chi connectivity index (χ1v) is 19.4. The van der Waals surface area contributed by atoms with Crippen molar-refractivity contribution in [2.75, 3.05) is 0 Å². The summed E-state index contributed by atoms with van der Waals surface area (Å²) in [5, 5.41) is 0. The Morgan fingerprint density at radius 2 is 1.23 bits per heavy atom. The summed E-state index contributed by atoms with van der Waals surface area (Å²) in [5.74, 6) is 0. The predicted octanol–water partition coefficient (Wildman–Crippen LogP) is 6.37. The van der Waals surface area contributed by atoms with Gasteiger partial charge in [-0.2, -0.15) is 17.2 Å². The van der Waals surface area contributed by atoms with Crippen molar-refractivity contribution < 1.29 is 49.0 Å². The summed E-state index contributed by atoms with van der Waals surface area (Å²) in [4.78, 5) is 0. The maximum absolute atomic E-state index is 3.65. The predicted molar refractivity (Wildman–Crippen MR) is 212 cm³/mol. The van der Waals surface area contributed by atoms with Crippen molar-refractivity contribution >= 4 is 14.4 Å². The van der Waals surface area contributed by atoms with Gasteiger partial charge in [0.1, 0.15) is 0 Å². The number of halogens is 2. The molecule has 4 aliphatic rings. The molecule has 0 N–H and O–H groups in total. The summed E-state index contributed by atoms with van der Waals surface area (Å²) in [5.41, 5.74) is 19.1. The first-order valence-electron chi connectivity index (χ1n) is 18.2. The van der Waals surface area contributed by atoms with E-state index < -0.39 is 0 Å². The summed E-state index contributed by atoms with van der Waals surface area (Å²) >= 11 is 1.55. The molecule has 0 saturated carbocycles. The van der Waals surface area contributed by atoms with E-state index in [9.17, 15) is 0 Å². The van der Waals surface area contributed by atoms with Crippen LogP contribution < -0.4 is 24.8 Å². The molecule has 0 aliphatic heterocycles. The third-order valence-corrected chi connectivity index (χ3v) is 11.4. The fourth-order valence-corrected chi connectivity index (χ4v) is 8.94. The number of benzene rings is 4. The Balaban J connectivity index is 0.000000193. The normalized spacial score (nSPS) is 16.2. The van der Waals surface area contributed by atoms with Gasteiger partial charge in [0, 0.05) is 5.41 Å². The molecule has 3 heteroatoms. The molecule has 4 aromatic carbocycles. The molecule has 0 unspecified atom stereocenters. The molecule has 52 heavy (non-hydrogen) atoms. The maximum atomic E-state index is 3.65. The van der Waals surface area contributed by atoms with E-state index in [-0.39, 0.29) is 35.6 Å². The summed E-state index contributed by atoms with van der Waals surface area (Å²) in [6, 6.07) is 31.2. The van der Waals surface area contributed by atoms with Crippen molar-refractivity contribution in [1.82, 2.24) is 0 Å². The Bertz CT molecular complexity index is 1920. The van der Waals surface area contributed by atoms with Crippen LogP contribution in [0, 0.1) is 17.6 Å². The number of hydrogen-bond acceptors (Lipinski definition) is 0. The van der Waals surface area contributed by atoms with E-state index in [0.717, 1.165) is 25.7 Å². The summed E-state index contributed by atoms with van der Waals surface area (Å²) in [6.45, 7) is 20.4. The Morgan fingerprint density at radius 3 is 1.71 bits per heavy atom. The molecule has 4 aromatic rings. The molecule has 0 radical (unpaired) electrons. The van der Waals surface area contributed by atoms with Crippen LogP contribution in [0.2, 0.25) is 0 Å². The summed E-state index contributed by atoms with van der Waals surface area (Å²) < 4.78 is 1.60. The zero-order valence-electron chi connectivity index (χ0n) is 32.4. The van der Waals surface area contributed by atoms with Gasteiger partial charge < -0.3 is 24.8 Å². The fraction of sp³-hybridized carbons (Fsp3) is 0.327. The van der Waals surface area contributed by atoms with Crippen molar-refractivity contribution in [3.8, 4) is 11.1 Å². The first-order chi connectivity index (χ1) is 23.6. The van der Waals surface area contributed by atoms with Crippen LogP contribution in [0.1, 0.15) is 113 Å². The van der Waals surface area contributed by atoms with E-state index >= 15 is 0 Å². The average Bonchev–Trinajstić information content (AvgIpc) is 3.81. The minimum absolute atomic E-state index is 0. The SMILES string of the molecule is CC(C)(C)C1=CC[C-]=C1.CC1=[C-]C(C)(C)c2cc3c(cc21)-c1cc2c(cc1C3)C(C)(C)C=C2C.[Cl-].[Cl-].[Zr+2]=[C](Cc1ccccc1)Cc1ccccc1. The van der Waals surface area contributed by atoms with E-state index in [1.807, 2.05) is 0 Å². The van der Waals surface area contributed by atoms with Crippen LogP contribution in [-0.4, -0.2) is 3.21 Å². The molecule has 0 amide bonds. The molecule has 0 heterocycles. The molecular formula is C49H52Cl2Zr-2. The molecular weight excluding hydrogens is 751 g/mol. The van der Waals surface area contributed by atoms with E-state index in [1.54, 1.807) is 27.4 Å². The Kier molecular flexibility index (Phi) is 13.4. The molecule has 0 aromatic heterocycles. The monoisotopic (exact) mass is 800 g/mol. The fourth-order valence-electron chi connectivity index (χ4n) is 7.94. The van der Waals surface area contributed by atoms with Crippen molar-refractivity contribution in [2.24, 2.45) is 5.41 Å². The van der Waals surface area contributed by atoms with E-state index in [1.165, 1.54) is 72.4 Å². The molecule has 0 fully saturated rings. The molecule has 0 saturated heterocycles. The van der Waals surface area contributed by atoms with Gasteiger partial charge in [0.25, 0.3) is 0 Å². The van der Waals surface area contributed by atoms with Crippen molar-refractivity contribution in [3.05, 3.63) is 165 Å². The van der Waals surface area contributed by atoms with Gasteiger partial charge in [0.2, 0.25) is 0 Å². The third kappa shape index (κ3) is 9.27. The first kappa shape index (κ1) is 41.9. The molecule has 0 bridgehead atoms. The molecule has 0 atom stereocenters. The Morgan fingerprint density at radius 1 is 0.712 bits per heavy atom. The number of rotatable bonds is 4. The third-order valence-electron chi connectivity index (χ3n) is 10.5. The minimum atomic E-state index is 0. The number of hydrogen-bond donors (Lipinski definition) is 0. The van der Waals surface area contributed by atoms with Gasteiger partial charge in [0.15, 0.2) is 0 Å². The second-order valence-electron chi connectivity index (χ2n) is 16.6. The van der Waals surface area contributed by atoms with Crippen molar-refractivity contribution in [3.63, 3.8) is 0 Å². The molecule has 4 aliphatic carbocycles.